The second kappa shape index (κ2) is 8.50. The van der Waals surface area contributed by atoms with Crippen molar-refractivity contribution in [3.63, 3.8) is 0 Å². The van der Waals surface area contributed by atoms with E-state index in [4.69, 9.17) is 9.47 Å². The van der Waals surface area contributed by atoms with Gasteiger partial charge in [0.2, 0.25) is 0 Å². The molecule has 0 fully saturated rings. The Balaban J connectivity index is 2.96. The smallest absolute Gasteiger partial charge is 0.336 e. The van der Waals surface area contributed by atoms with Gasteiger partial charge in [-0.1, -0.05) is 0 Å². The molecule has 11 heteroatoms. The second-order valence-corrected chi connectivity index (χ2v) is 6.07. The van der Waals surface area contributed by atoms with E-state index in [0.717, 1.165) is 25.3 Å². The zero-order valence-corrected chi connectivity index (χ0v) is 16.2. The standard InChI is InChI=1S/C18H19N3O8/c1-5-29-18(23)14-10(3)19-9(2)13(17(22)28-4)16(14)15-11(20(24)25)7-6-8-12(15)21(26)27/h6-8,16,19H,5H2,1-4H3. The number of esters is 2. The molecule has 0 bridgehead atoms. The third-order valence-electron chi connectivity index (χ3n) is 4.40. The molecule has 29 heavy (non-hydrogen) atoms. The molecule has 0 aliphatic carbocycles. The van der Waals surface area contributed by atoms with E-state index < -0.39 is 44.6 Å². The second-order valence-electron chi connectivity index (χ2n) is 6.07. The van der Waals surface area contributed by atoms with Crippen LogP contribution < -0.4 is 5.32 Å². The topological polar surface area (TPSA) is 151 Å². The van der Waals surface area contributed by atoms with Crippen molar-refractivity contribution in [3.05, 3.63) is 66.5 Å². The van der Waals surface area contributed by atoms with Crippen molar-refractivity contribution >= 4 is 23.3 Å². The van der Waals surface area contributed by atoms with Crippen molar-refractivity contribution in [1.29, 1.82) is 0 Å². The summed E-state index contributed by atoms with van der Waals surface area (Å²) in [5.41, 5.74) is -1.39. The fraction of sp³-hybridized carbons (Fsp3) is 0.333. The largest absolute Gasteiger partial charge is 0.466 e. The van der Waals surface area contributed by atoms with Crippen LogP contribution in [0.2, 0.25) is 0 Å². The molecular formula is C18H19N3O8. The number of rotatable bonds is 6. The van der Waals surface area contributed by atoms with Crippen molar-refractivity contribution in [2.24, 2.45) is 0 Å². The lowest BCUT2D eigenvalue weighted by molar-refractivity contribution is -0.395. The number of ether oxygens (including phenoxy) is 2. The number of nitro groups is 2. The Labute approximate surface area is 165 Å². The highest BCUT2D eigenvalue weighted by Gasteiger charge is 2.44. The summed E-state index contributed by atoms with van der Waals surface area (Å²) in [6, 6.07) is 3.31. The van der Waals surface area contributed by atoms with E-state index in [1.54, 1.807) is 6.92 Å². The quantitative estimate of drug-likeness (QED) is 0.427. The number of hydrogen-bond acceptors (Lipinski definition) is 9. The molecule has 0 radical (unpaired) electrons. The van der Waals surface area contributed by atoms with Crippen molar-refractivity contribution in [2.45, 2.75) is 26.7 Å². The van der Waals surface area contributed by atoms with E-state index in [-0.39, 0.29) is 29.1 Å². The monoisotopic (exact) mass is 405 g/mol. The van der Waals surface area contributed by atoms with Gasteiger partial charge in [0.25, 0.3) is 11.4 Å². The van der Waals surface area contributed by atoms with Crippen LogP contribution in [0.15, 0.2) is 40.7 Å². The third-order valence-corrected chi connectivity index (χ3v) is 4.40. The zero-order chi connectivity index (χ0) is 21.9. The zero-order valence-electron chi connectivity index (χ0n) is 16.2. The van der Waals surface area contributed by atoms with Gasteiger partial charge in [0.1, 0.15) is 5.56 Å². The molecule has 1 aromatic rings. The first-order chi connectivity index (χ1) is 13.6. The molecular weight excluding hydrogens is 386 g/mol. The number of nitrogens with one attached hydrogen (secondary N) is 1. The van der Waals surface area contributed by atoms with Gasteiger partial charge in [0.05, 0.1) is 40.6 Å². The van der Waals surface area contributed by atoms with Gasteiger partial charge in [-0.15, -0.1) is 0 Å². The first kappa shape index (κ1) is 21.5. The van der Waals surface area contributed by atoms with Crippen LogP contribution in [-0.4, -0.2) is 35.5 Å². The lowest BCUT2D eigenvalue weighted by atomic mass is 9.79. The average molecular weight is 405 g/mol. The predicted molar refractivity (Wildman–Crippen MR) is 99.7 cm³/mol. The van der Waals surface area contributed by atoms with Gasteiger partial charge < -0.3 is 14.8 Å². The molecule has 2 rings (SSSR count). The molecule has 0 spiro atoms. The minimum absolute atomic E-state index is 0.00242. The van der Waals surface area contributed by atoms with Crippen LogP contribution in [0.3, 0.4) is 0 Å². The van der Waals surface area contributed by atoms with Crippen LogP contribution in [0.1, 0.15) is 32.3 Å². The van der Waals surface area contributed by atoms with Crippen LogP contribution >= 0.6 is 0 Å². The number of dihydropyridines is 1. The Bertz CT molecular complexity index is 932. The maximum atomic E-state index is 12.7. The minimum atomic E-state index is -1.43. The van der Waals surface area contributed by atoms with Crippen molar-refractivity contribution < 1.29 is 28.9 Å². The van der Waals surface area contributed by atoms with Gasteiger partial charge in [-0.3, -0.25) is 20.2 Å². The van der Waals surface area contributed by atoms with Crippen LogP contribution in [0, 0.1) is 20.2 Å². The number of nitro benzene ring substituents is 2. The summed E-state index contributed by atoms with van der Waals surface area (Å²) in [4.78, 5) is 46.9. The summed E-state index contributed by atoms with van der Waals surface area (Å²) in [6.07, 6.45) is 0. The van der Waals surface area contributed by atoms with Gasteiger partial charge in [0.15, 0.2) is 0 Å². The van der Waals surface area contributed by atoms with E-state index >= 15 is 0 Å². The van der Waals surface area contributed by atoms with Crippen LogP contribution in [0.4, 0.5) is 11.4 Å². The van der Waals surface area contributed by atoms with Crippen molar-refractivity contribution in [2.75, 3.05) is 13.7 Å². The summed E-state index contributed by atoms with van der Waals surface area (Å²) in [5.74, 6) is -3.17. The highest BCUT2D eigenvalue weighted by atomic mass is 16.6. The molecule has 1 heterocycles. The van der Waals surface area contributed by atoms with E-state index in [1.165, 1.54) is 13.8 Å². The Kier molecular flexibility index (Phi) is 6.32. The van der Waals surface area contributed by atoms with Gasteiger partial charge in [-0.05, 0) is 26.8 Å². The van der Waals surface area contributed by atoms with Gasteiger partial charge in [-0.2, -0.15) is 0 Å². The Morgan fingerprint density at radius 2 is 1.52 bits per heavy atom. The highest BCUT2D eigenvalue weighted by molar-refractivity contribution is 6.00. The number of carbonyl (C=O) groups excluding carboxylic acids is 2. The fourth-order valence-electron chi connectivity index (χ4n) is 3.30. The predicted octanol–water partition coefficient (Wildman–Crippen LogP) is 2.47. The molecule has 154 valence electrons. The SMILES string of the molecule is CCOC(=O)C1=C(C)NC(C)=C(C(=O)OC)C1c1c([N+](=O)[O-])cccc1[N+](=O)[O-]. The first-order valence-electron chi connectivity index (χ1n) is 8.51. The molecule has 1 N–H and O–H groups in total. The van der Waals surface area contributed by atoms with Crippen LogP contribution in [0.5, 0.6) is 0 Å². The van der Waals surface area contributed by atoms with Gasteiger partial charge in [0, 0.05) is 23.5 Å². The van der Waals surface area contributed by atoms with Crippen LogP contribution in [0.25, 0.3) is 0 Å². The van der Waals surface area contributed by atoms with Gasteiger partial charge >= 0.3 is 11.9 Å². The van der Waals surface area contributed by atoms with Crippen molar-refractivity contribution in [1.82, 2.24) is 5.32 Å². The molecule has 0 saturated carbocycles. The Morgan fingerprint density at radius 1 is 1.03 bits per heavy atom. The third kappa shape index (κ3) is 3.93. The van der Waals surface area contributed by atoms with E-state index in [2.05, 4.69) is 5.32 Å². The maximum absolute atomic E-state index is 12.7. The Hall–Kier alpha value is -3.76. The molecule has 1 aliphatic heterocycles. The lowest BCUT2D eigenvalue weighted by Gasteiger charge is -2.29. The highest BCUT2D eigenvalue weighted by Crippen LogP contribution is 2.46. The normalized spacial score (nSPS) is 16.2. The maximum Gasteiger partial charge on any atom is 0.336 e. The Morgan fingerprint density at radius 3 is 1.93 bits per heavy atom. The van der Waals surface area contributed by atoms with Crippen LogP contribution in [-0.2, 0) is 19.1 Å². The summed E-state index contributed by atoms with van der Waals surface area (Å²) >= 11 is 0. The summed E-state index contributed by atoms with van der Waals surface area (Å²) in [6.45, 7) is 4.58. The molecule has 0 amide bonds. The molecule has 1 aromatic carbocycles. The van der Waals surface area contributed by atoms with E-state index in [9.17, 15) is 29.8 Å². The number of nitrogens with zero attached hydrogens (tertiary/aromatic N) is 2. The van der Waals surface area contributed by atoms with Gasteiger partial charge in [-0.25, -0.2) is 9.59 Å². The average Bonchev–Trinajstić information content (AvgIpc) is 2.66. The first-order valence-corrected chi connectivity index (χ1v) is 8.51. The number of hydrogen-bond donors (Lipinski definition) is 1. The molecule has 0 saturated heterocycles. The minimum Gasteiger partial charge on any atom is -0.466 e. The summed E-state index contributed by atoms with van der Waals surface area (Å²) in [7, 11) is 1.10. The fourth-order valence-corrected chi connectivity index (χ4v) is 3.30. The van der Waals surface area contributed by atoms with E-state index in [0.29, 0.717) is 0 Å². The van der Waals surface area contributed by atoms with E-state index in [1.807, 2.05) is 0 Å². The van der Waals surface area contributed by atoms with Crippen molar-refractivity contribution in [3.8, 4) is 0 Å². The molecule has 1 atom stereocenters. The number of carbonyl (C=O) groups is 2. The summed E-state index contributed by atoms with van der Waals surface area (Å²) in [5, 5.41) is 26.2. The molecule has 11 nitrogen and oxygen atoms in total. The number of benzene rings is 1. The molecule has 1 aliphatic rings. The molecule has 1 unspecified atom stereocenters. The molecule has 0 aromatic heterocycles. The number of allylic oxidation sites excluding steroid dienone is 2. The summed E-state index contributed by atoms with van der Waals surface area (Å²) < 4.78 is 9.83. The lowest BCUT2D eigenvalue weighted by Crippen LogP contribution is -2.33. The number of methoxy groups -OCH3 is 1.